The second kappa shape index (κ2) is 9.39. The van der Waals surface area contributed by atoms with Crippen molar-refractivity contribution in [3.63, 3.8) is 0 Å². The smallest absolute Gasteiger partial charge is 0.182 e. The minimum absolute atomic E-state index is 0.0531. The topological polar surface area (TPSA) is 124 Å². The van der Waals surface area contributed by atoms with Crippen LogP contribution in [0.2, 0.25) is 0 Å². The van der Waals surface area contributed by atoms with E-state index in [1.807, 2.05) is 36.5 Å². The van der Waals surface area contributed by atoms with Gasteiger partial charge in [-0.1, -0.05) is 18.2 Å². The lowest BCUT2D eigenvalue weighted by Gasteiger charge is -2.42. The normalized spacial score (nSPS) is 21.6. The molecule has 0 radical (unpaired) electrons. The molecular formula is C25H21N5O3. The maximum atomic E-state index is 11.4. The summed E-state index contributed by atoms with van der Waals surface area (Å²) < 4.78 is 12.1. The molecule has 1 aliphatic heterocycles. The van der Waals surface area contributed by atoms with Crippen LogP contribution in [0, 0.1) is 22.8 Å². The molecule has 0 amide bonds. The predicted octanol–water partition coefficient (Wildman–Crippen LogP) is 3.10. The average Bonchev–Trinajstić information content (AvgIpc) is 2.86. The lowest BCUT2D eigenvalue weighted by molar-refractivity contribution is -0.0908. The molecular weight excluding hydrogens is 418 g/mol. The number of nitrogens with zero attached hydrogens (tertiary/aromatic N) is 4. The highest BCUT2D eigenvalue weighted by molar-refractivity contribution is 5.99. The van der Waals surface area contributed by atoms with Gasteiger partial charge >= 0.3 is 0 Å². The predicted molar refractivity (Wildman–Crippen MR) is 120 cm³/mol. The van der Waals surface area contributed by atoms with Crippen LogP contribution in [0.1, 0.15) is 29.7 Å². The summed E-state index contributed by atoms with van der Waals surface area (Å²) in [6, 6.07) is 19.0. The molecule has 0 fully saturated rings. The lowest BCUT2D eigenvalue weighted by atomic mass is 9.85. The van der Waals surface area contributed by atoms with Gasteiger partial charge in [-0.3, -0.25) is 15.3 Å². The summed E-state index contributed by atoms with van der Waals surface area (Å²) in [5, 5.41) is 32.6. The minimum Gasteiger partial charge on any atom is -0.489 e. The second-order valence-corrected chi connectivity index (χ2v) is 7.73. The van der Waals surface area contributed by atoms with Gasteiger partial charge in [-0.2, -0.15) is 10.5 Å². The van der Waals surface area contributed by atoms with Crippen molar-refractivity contribution in [2.24, 2.45) is 4.99 Å². The molecule has 3 aromatic rings. The summed E-state index contributed by atoms with van der Waals surface area (Å²) in [5.74, 6) is 1.37. The Kier molecular flexibility index (Phi) is 6.21. The molecule has 8 heteroatoms. The molecule has 33 heavy (non-hydrogen) atoms. The van der Waals surface area contributed by atoms with Crippen molar-refractivity contribution in [1.82, 2.24) is 10.3 Å². The van der Waals surface area contributed by atoms with Crippen LogP contribution >= 0.6 is 0 Å². The number of nitrogens with one attached hydrogen (secondary N) is 1. The van der Waals surface area contributed by atoms with Gasteiger partial charge in [0.2, 0.25) is 0 Å². The van der Waals surface area contributed by atoms with Gasteiger partial charge < -0.3 is 14.6 Å². The number of aliphatic imine (C=N–C) groups is 1. The first-order chi connectivity index (χ1) is 16.0. The number of hydrogen-bond donors (Lipinski definition) is 2. The average molecular weight is 439 g/mol. The number of amidine groups is 1. The Morgan fingerprint density at radius 2 is 2.03 bits per heavy atom. The number of rotatable bonds is 5. The van der Waals surface area contributed by atoms with Crippen LogP contribution in [0.5, 0.6) is 11.5 Å². The molecule has 164 valence electrons. The summed E-state index contributed by atoms with van der Waals surface area (Å²) in [5.41, 5.74) is 0.376. The monoisotopic (exact) mass is 439 g/mol. The van der Waals surface area contributed by atoms with Crippen LogP contribution in [0.4, 0.5) is 0 Å². The summed E-state index contributed by atoms with van der Waals surface area (Å²) in [6.45, 7) is 1.79. The van der Waals surface area contributed by atoms with Crippen molar-refractivity contribution >= 4 is 5.84 Å². The molecule has 2 N–H and O–H groups in total. The third kappa shape index (κ3) is 4.62. The second-order valence-electron chi connectivity index (χ2n) is 7.73. The van der Waals surface area contributed by atoms with E-state index < -0.39 is 17.7 Å². The van der Waals surface area contributed by atoms with Gasteiger partial charge in [0.05, 0.1) is 11.6 Å². The maximum Gasteiger partial charge on any atom is 0.182 e. The Morgan fingerprint density at radius 1 is 1.21 bits per heavy atom. The number of aliphatic hydroxyl groups excluding tert-OH is 1. The summed E-state index contributed by atoms with van der Waals surface area (Å²) in [7, 11) is 0. The molecule has 4 rings (SSSR count). The fourth-order valence-corrected chi connectivity index (χ4v) is 3.63. The number of nitriles is 2. The maximum absolute atomic E-state index is 11.4. The van der Waals surface area contributed by atoms with Gasteiger partial charge in [-0.15, -0.1) is 0 Å². The van der Waals surface area contributed by atoms with Gasteiger partial charge in [-0.25, -0.2) is 0 Å². The number of benzene rings is 2. The van der Waals surface area contributed by atoms with Crippen molar-refractivity contribution in [3.8, 4) is 23.8 Å². The van der Waals surface area contributed by atoms with Crippen LogP contribution in [0.25, 0.3) is 0 Å². The van der Waals surface area contributed by atoms with E-state index in [-0.39, 0.29) is 12.4 Å². The Hall–Kier alpha value is -4.40. The molecule has 0 spiro atoms. The van der Waals surface area contributed by atoms with E-state index in [0.717, 1.165) is 0 Å². The Labute approximate surface area is 191 Å². The number of ether oxygens (including phenoxy) is 2. The van der Waals surface area contributed by atoms with E-state index in [9.17, 15) is 15.6 Å². The Morgan fingerprint density at radius 3 is 2.73 bits per heavy atom. The van der Waals surface area contributed by atoms with Crippen LogP contribution in [-0.2, 0) is 0 Å². The molecule has 1 aromatic heterocycles. The molecule has 1 aliphatic rings. The van der Waals surface area contributed by atoms with Crippen LogP contribution in [0.3, 0.4) is 0 Å². The number of aromatic nitrogens is 1. The van der Waals surface area contributed by atoms with Gasteiger partial charge in [0.15, 0.2) is 11.8 Å². The van der Waals surface area contributed by atoms with E-state index >= 15 is 0 Å². The number of aliphatic hydroxyl groups is 1. The molecule has 0 bridgehead atoms. The molecule has 0 aliphatic carbocycles. The SMILES string of the molecule is CC1(COc2ccccc2)Oc2ccc(C#N)cc2[C@@H](N=C(NC#N)c2cccnc2)[C@@H]1O. The van der Waals surface area contributed by atoms with E-state index in [1.165, 1.54) is 0 Å². The van der Waals surface area contributed by atoms with Gasteiger partial charge in [0, 0.05) is 23.5 Å². The lowest BCUT2D eigenvalue weighted by Crippen LogP contribution is -2.55. The molecule has 0 saturated carbocycles. The number of para-hydroxylation sites is 1. The van der Waals surface area contributed by atoms with Crippen molar-refractivity contribution in [3.05, 3.63) is 89.7 Å². The minimum atomic E-state index is -1.15. The highest BCUT2D eigenvalue weighted by Gasteiger charge is 2.47. The van der Waals surface area contributed by atoms with Crippen molar-refractivity contribution < 1.29 is 14.6 Å². The van der Waals surface area contributed by atoms with Crippen molar-refractivity contribution in [2.75, 3.05) is 6.61 Å². The number of pyridine rings is 1. The zero-order chi connectivity index (χ0) is 23.3. The van der Waals surface area contributed by atoms with Crippen molar-refractivity contribution in [1.29, 1.82) is 10.5 Å². The van der Waals surface area contributed by atoms with Crippen LogP contribution < -0.4 is 14.8 Å². The van der Waals surface area contributed by atoms with E-state index in [2.05, 4.69) is 16.4 Å². The highest BCUT2D eigenvalue weighted by atomic mass is 16.6. The molecule has 2 heterocycles. The molecule has 2 aromatic carbocycles. The van der Waals surface area contributed by atoms with Gasteiger partial charge in [0.25, 0.3) is 0 Å². The number of fused-ring (bicyclic) bond motifs is 1. The van der Waals surface area contributed by atoms with Crippen LogP contribution in [-0.4, -0.2) is 34.2 Å². The zero-order valence-corrected chi connectivity index (χ0v) is 17.8. The molecule has 8 nitrogen and oxygen atoms in total. The first-order valence-corrected chi connectivity index (χ1v) is 10.3. The van der Waals surface area contributed by atoms with Crippen molar-refractivity contribution in [2.45, 2.75) is 24.7 Å². The summed E-state index contributed by atoms with van der Waals surface area (Å²) in [6.07, 6.45) is 3.93. The molecule has 0 saturated heterocycles. The largest absolute Gasteiger partial charge is 0.489 e. The van der Waals surface area contributed by atoms with Gasteiger partial charge in [-0.05, 0) is 49.4 Å². The first-order valence-electron chi connectivity index (χ1n) is 10.3. The zero-order valence-electron chi connectivity index (χ0n) is 17.8. The molecule has 1 unspecified atom stereocenters. The van der Waals surface area contributed by atoms with E-state index in [1.54, 1.807) is 49.6 Å². The third-order valence-corrected chi connectivity index (χ3v) is 5.37. The fourth-order valence-electron chi connectivity index (χ4n) is 3.63. The Balaban J connectivity index is 1.76. The first kappa shape index (κ1) is 21.8. The standard InChI is InChI=1S/C25H21N5O3/c1-25(15-32-19-7-3-2-4-8-19)23(31)22(20-12-17(13-26)9-10-21(20)33-25)30-24(29-16-27)18-6-5-11-28-14-18/h2-12,14,22-23,31H,15H2,1H3,(H,29,30)/t22-,23+,25?/m1/s1. The van der Waals surface area contributed by atoms with E-state index in [0.29, 0.717) is 28.2 Å². The molecule has 3 atom stereocenters. The third-order valence-electron chi connectivity index (χ3n) is 5.37. The highest BCUT2D eigenvalue weighted by Crippen LogP contribution is 2.43. The number of hydrogen-bond acceptors (Lipinski definition) is 7. The summed E-state index contributed by atoms with van der Waals surface area (Å²) >= 11 is 0. The van der Waals surface area contributed by atoms with Crippen LogP contribution in [0.15, 0.2) is 78.0 Å². The quantitative estimate of drug-likeness (QED) is 0.271. The fraction of sp³-hybridized carbons (Fsp3) is 0.200. The van der Waals surface area contributed by atoms with Gasteiger partial charge in [0.1, 0.15) is 36.1 Å². The summed E-state index contributed by atoms with van der Waals surface area (Å²) in [4.78, 5) is 8.77. The Bertz CT molecular complexity index is 1230. The van der Waals surface area contributed by atoms with E-state index in [4.69, 9.17) is 14.5 Å².